The quantitative estimate of drug-likeness (QED) is 0.651. The Bertz CT molecular complexity index is 925. The molecule has 1 aliphatic rings. The lowest BCUT2D eigenvalue weighted by Gasteiger charge is -2.33. The minimum absolute atomic E-state index is 0.441. The molecule has 0 bridgehead atoms. The number of methoxy groups -OCH3 is 1. The number of piperidine rings is 1. The average molecular weight is 416 g/mol. The molecule has 1 atom stereocenters. The Labute approximate surface area is 161 Å². The van der Waals surface area contributed by atoms with E-state index >= 15 is 0 Å². The Kier molecular flexibility index (Phi) is 4.91. The van der Waals surface area contributed by atoms with Gasteiger partial charge in [0.05, 0.1) is 17.3 Å². The van der Waals surface area contributed by atoms with Crippen LogP contribution >= 0.6 is 15.9 Å². The Morgan fingerprint density at radius 1 is 1.31 bits per heavy atom. The largest absolute Gasteiger partial charge is 0.496 e. The molecule has 0 spiro atoms. The zero-order valence-corrected chi connectivity index (χ0v) is 16.6. The molecule has 4 rings (SSSR count). The van der Waals surface area contributed by atoms with Crippen LogP contribution in [0.4, 0.5) is 0 Å². The smallest absolute Gasteiger partial charge is 0.252 e. The van der Waals surface area contributed by atoms with Gasteiger partial charge >= 0.3 is 0 Å². The molecule has 136 valence electrons. The molecule has 1 saturated heterocycles. The molecular formula is C19H22BrN5O. The molecule has 2 aromatic heterocycles. The molecule has 3 heterocycles. The molecule has 0 amide bonds. The highest BCUT2D eigenvalue weighted by atomic mass is 79.9. The van der Waals surface area contributed by atoms with Crippen molar-refractivity contribution in [3.8, 4) is 5.75 Å². The minimum Gasteiger partial charge on any atom is -0.496 e. The molecule has 1 unspecified atom stereocenters. The summed E-state index contributed by atoms with van der Waals surface area (Å²) >= 11 is 3.58. The zero-order chi connectivity index (χ0) is 18.1. The van der Waals surface area contributed by atoms with Crippen molar-refractivity contribution in [1.29, 1.82) is 0 Å². The van der Waals surface area contributed by atoms with Crippen molar-refractivity contribution in [2.45, 2.75) is 32.2 Å². The van der Waals surface area contributed by atoms with Gasteiger partial charge in [-0.05, 0) is 66.0 Å². The fourth-order valence-corrected chi connectivity index (χ4v) is 4.34. The number of aryl methyl sites for hydroxylation is 1. The van der Waals surface area contributed by atoms with Crippen LogP contribution in [0.1, 0.15) is 35.7 Å². The third-order valence-corrected chi connectivity index (χ3v) is 5.57. The third kappa shape index (κ3) is 3.46. The first kappa shape index (κ1) is 17.4. The van der Waals surface area contributed by atoms with Crippen LogP contribution in [0, 0.1) is 6.92 Å². The van der Waals surface area contributed by atoms with Crippen molar-refractivity contribution in [2.24, 2.45) is 0 Å². The fraction of sp³-hybridized carbons (Fsp3) is 0.421. The summed E-state index contributed by atoms with van der Waals surface area (Å²) in [5, 5.41) is 4.38. The number of benzene rings is 1. The standard InChI is InChI=1S/C19H22BrN5O/c1-13-8-17(25-19(23-13)21-12-22-25)15-4-3-7-24(11-15)10-14-5-6-18(26-2)16(20)9-14/h5-6,8-9,12,15H,3-4,7,10-11H2,1-2H3. The van der Waals surface area contributed by atoms with E-state index in [9.17, 15) is 0 Å². The molecule has 0 saturated carbocycles. The van der Waals surface area contributed by atoms with E-state index in [1.54, 1.807) is 13.4 Å². The summed E-state index contributed by atoms with van der Waals surface area (Å²) in [5.74, 6) is 2.00. The van der Waals surface area contributed by atoms with Crippen LogP contribution < -0.4 is 4.74 Å². The molecule has 1 aromatic carbocycles. The molecule has 26 heavy (non-hydrogen) atoms. The second-order valence-corrected chi connectivity index (χ2v) is 7.69. The highest BCUT2D eigenvalue weighted by Gasteiger charge is 2.24. The van der Waals surface area contributed by atoms with Crippen molar-refractivity contribution in [3.63, 3.8) is 0 Å². The van der Waals surface area contributed by atoms with Crippen molar-refractivity contribution >= 4 is 21.7 Å². The first-order valence-corrected chi connectivity index (χ1v) is 9.65. The molecular weight excluding hydrogens is 394 g/mol. The number of fused-ring (bicyclic) bond motifs is 1. The second-order valence-electron chi connectivity index (χ2n) is 6.84. The summed E-state index contributed by atoms with van der Waals surface area (Å²) in [6.45, 7) is 5.09. The normalized spacial score (nSPS) is 18.3. The van der Waals surface area contributed by atoms with Crippen LogP contribution in [0.15, 0.2) is 35.1 Å². The predicted molar refractivity (Wildman–Crippen MR) is 103 cm³/mol. The van der Waals surface area contributed by atoms with Gasteiger partial charge in [-0.1, -0.05) is 6.07 Å². The Balaban J connectivity index is 1.54. The van der Waals surface area contributed by atoms with Gasteiger partial charge < -0.3 is 4.74 Å². The van der Waals surface area contributed by atoms with Crippen LogP contribution in [0.25, 0.3) is 5.78 Å². The van der Waals surface area contributed by atoms with Crippen LogP contribution in [0.2, 0.25) is 0 Å². The first-order chi connectivity index (χ1) is 12.6. The number of ether oxygens (including phenoxy) is 1. The molecule has 1 aliphatic heterocycles. The molecule has 6 nitrogen and oxygen atoms in total. The van der Waals surface area contributed by atoms with Crippen LogP contribution in [-0.4, -0.2) is 44.7 Å². The number of nitrogens with zero attached hydrogens (tertiary/aromatic N) is 5. The van der Waals surface area contributed by atoms with E-state index in [-0.39, 0.29) is 0 Å². The van der Waals surface area contributed by atoms with E-state index in [1.807, 2.05) is 17.5 Å². The van der Waals surface area contributed by atoms with Gasteiger partial charge in [-0.25, -0.2) is 9.50 Å². The molecule has 1 fully saturated rings. The van der Waals surface area contributed by atoms with E-state index in [1.165, 1.54) is 24.1 Å². The molecule has 7 heteroatoms. The monoisotopic (exact) mass is 415 g/mol. The number of hydrogen-bond donors (Lipinski definition) is 0. The van der Waals surface area contributed by atoms with E-state index in [4.69, 9.17) is 4.74 Å². The van der Waals surface area contributed by atoms with Crippen molar-refractivity contribution in [2.75, 3.05) is 20.2 Å². The lowest BCUT2D eigenvalue weighted by Crippen LogP contribution is -2.34. The van der Waals surface area contributed by atoms with Crippen LogP contribution in [0.3, 0.4) is 0 Å². The maximum absolute atomic E-state index is 5.33. The Hall–Kier alpha value is -1.99. The summed E-state index contributed by atoms with van der Waals surface area (Å²) in [5.41, 5.74) is 3.50. The van der Waals surface area contributed by atoms with E-state index in [0.717, 1.165) is 35.6 Å². The van der Waals surface area contributed by atoms with Crippen molar-refractivity contribution < 1.29 is 4.74 Å². The van der Waals surface area contributed by atoms with Gasteiger partial charge in [0.25, 0.3) is 5.78 Å². The van der Waals surface area contributed by atoms with Gasteiger partial charge in [0.2, 0.25) is 0 Å². The maximum atomic E-state index is 5.33. The SMILES string of the molecule is COc1ccc(CN2CCCC(c3cc(C)nc4ncnn34)C2)cc1Br. The summed E-state index contributed by atoms with van der Waals surface area (Å²) in [6, 6.07) is 8.46. The summed E-state index contributed by atoms with van der Waals surface area (Å²) in [7, 11) is 1.69. The van der Waals surface area contributed by atoms with Crippen molar-refractivity contribution in [1.82, 2.24) is 24.5 Å². The summed E-state index contributed by atoms with van der Waals surface area (Å²) < 4.78 is 8.22. The first-order valence-electron chi connectivity index (χ1n) is 8.86. The lowest BCUT2D eigenvalue weighted by molar-refractivity contribution is 0.197. The number of hydrogen-bond acceptors (Lipinski definition) is 5. The maximum Gasteiger partial charge on any atom is 0.252 e. The number of likely N-dealkylation sites (tertiary alicyclic amines) is 1. The molecule has 0 aliphatic carbocycles. The van der Waals surface area contributed by atoms with E-state index in [0.29, 0.717) is 11.7 Å². The highest BCUT2D eigenvalue weighted by Crippen LogP contribution is 2.30. The van der Waals surface area contributed by atoms with Crippen molar-refractivity contribution in [3.05, 3.63) is 52.0 Å². The number of halogens is 1. The predicted octanol–water partition coefficient (Wildman–Crippen LogP) is 3.58. The van der Waals surface area contributed by atoms with Crippen LogP contribution in [0.5, 0.6) is 5.75 Å². The molecule has 0 N–H and O–H groups in total. The fourth-order valence-electron chi connectivity index (χ4n) is 3.76. The van der Waals surface area contributed by atoms with Gasteiger partial charge in [0.15, 0.2) is 0 Å². The van der Waals surface area contributed by atoms with Gasteiger partial charge in [-0.3, -0.25) is 4.90 Å². The Morgan fingerprint density at radius 2 is 2.19 bits per heavy atom. The van der Waals surface area contributed by atoms with Gasteiger partial charge in [0, 0.05) is 24.7 Å². The number of rotatable bonds is 4. The third-order valence-electron chi connectivity index (χ3n) is 4.95. The highest BCUT2D eigenvalue weighted by molar-refractivity contribution is 9.10. The van der Waals surface area contributed by atoms with Crippen LogP contribution in [-0.2, 0) is 6.54 Å². The van der Waals surface area contributed by atoms with E-state index < -0.39 is 0 Å². The summed E-state index contributed by atoms with van der Waals surface area (Å²) in [6.07, 6.45) is 3.93. The molecule has 3 aromatic rings. The van der Waals surface area contributed by atoms with E-state index in [2.05, 4.69) is 54.1 Å². The summed E-state index contributed by atoms with van der Waals surface area (Å²) in [4.78, 5) is 11.2. The average Bonchev–Trinajstić information content (AvgIpc) is 3.09. The van der Waals surface area contributed by atoms with Gasteiger partial charge in [-0.2, -0.15) is 10.1 Å². The second kappa shape index (κ2) is 7.32. The number of aromatic nitrogens is 4. The lowest BCUT2D eigenvalue weighted by atomic mass is 9.93. The molecule has 0 radical (unpaired) electrons. The van der Waals surface area contributed by atoms with Gasteiger partial charge in [-0.15, -0.1) is 0 Å². The minimum atomic E-state index is 0.441. The topological polar surface area (TPSA) is 55.5 Å². The zero-order valence-electron chi connectivity index (χ0n) is 15.0. The Morgan fingerprint density at radius 3 is 3.00 bits per heavy atom. The van der Waals surface area contributed by atoms with Gasteiger partial charge in [0.1, 0.15) is 12.1 Å².